The van der Waals surface area contributed by atoms with E-state index in [9.17, 15) is 17.6 Å². The molecule has 1 fully saturated rings. The molecule has 0 saturated heterocycles. The molecule has 0 atom stereocenters. The highest BCUT2D eigenvalue weighted by Crippen LogP contribution is 2.30. The Balaban J connectivity index is 1.74. The van der Waals surface area contributed by atoms with Gasteiger partial charge in [0.25, 0.3) is 5.91 Å². The summed E-state index contributed by atoms with van der Waals surface area (Å²) in [6, 6.07) is 11.3. The highest BCUT2D eigenvalue weighted by atomic mass is 32.2. The first-order valence-corrected chi connectivity index (χ1v) is 8.97. The van der Waals surface area contributed by atoms with E-state index < -0.39 is 10.0 Å². The molecule has 2 aromatic rings. The number of anilines is 1. The summed E-state index contributed by atoms with van der Waals surface area (Å²) < 4.78 is 39.0. The molecule has 1 N–H and O–H groups in total. The number of benzene rings is 2. The van der Waals surface area contributed by atoms with E-state index in [2.05, 4.69) is 5.32 Å². The maximum Gasteiger partial charge on any atom is 0.255 e. The monoisotopic (exact) mass is 348 g/mol. The second-order valence-corrected chi connectivity index (χ2v) is 7.74. The lowest BCUT2D eigenvalue weighted by Gasteiger charge is -2.16. The molecule has 1 amide bonds. The molecule has 2 aromatic carbocycles. The first kappa shape index (κ1) is 16.6. The fourth-order valence-corrected chi connectivity index (χ4v) is 3.73. The van der Waals surface area contributed by atoms with E-state index in [0.717, 1.165) is 12.8 Å². The van der Waals surface area contributed by atoms with Crippen LogP contribution >= 0.6 is 0 Å². The molecular weight excluding hydrogens is 331 g/mol. The molecule has 0 unspecified atom stereocenters. The van der Waals surface area contributed by atoms with Crippen molar-refractivity contribution in [1.82, 2.24) is 4.31 Å². The smallest absolute Gasteiger partial charge is 0.255 e. The van der Waals surface area contributed by atoms with Crippen molar-refractivity contribution in [3.8, 4) is 0 Å². The summed E-state index contributed by atoms with van der Waals surface area (Å²) in [7, 11) is -1.95. The van der Waals surface area contributed by atoms with Crippen LogP contribution in [0, 0.1) is 5.82 Å². The highest BCUT2D eigenvalue weighted by Gasteiger charge is 2.34. The van der Waals surface area contributed by atoms with Crippen LogP contribution in [0.2, 0.25) is 0 Å². The van der Waals surface area contributed by atoms with Gasteiger partial charge in [0, 0.05) is 24.3 Å². The number of amides is 1. The summed E-state index contributed by atoms with van der Waals surface area (Å²) in [4.78, 5) is 12.3. The Morgan fingerprint density at radius 3 is 2.21 bits per heavy atom. The lowest BCUT2D eigenvalue weighted by Crippen LogP contribution is -2.29. The molecule has 0 aromatic heterocycles. The van der Waals surface area contributed by atoms with Gasteiger partial charge in [-0.25, -0.2) is 12.8 Å². The van der Waals surface area contributed by atoms with Crippen molar-refractivity contribution in [1.29, 1.82) is 0 Å². The van der Waals surface area contributed by atoms with Crippen LogP contribution in [-0.2, 0) is 10.0 Å². The van der Waals surface area contributed by atoms with Crippen molar-refractivity contribution >= 4 is 21.6 Å². The number of halogens is 1. The number of nitrogens with zero attached hydrogens (tertiary/aromatic N) is 1. The molecule has 126 valence electrons. The molecule has 7 heteroatoms. The van der Waals surface area contributed by atoms with E-state index in [4.69, 9.17) is 0 Å². The molecule has 1 aliphatic carbocycles. The Morgan fingerprint density at radius 2 is 1.67 bits per heavy atom. The minimum absolute atomic E-state index is 0.0800. The van der Waals surface area contributed by atoms with E-state index >= 15 is 0 Å². The van der Waals surface area contributed by atoms with Gasteiger partial charge in [0.1, 0.15) is 5.82 Å². The molecule has 1 aliphatic rings. The first-order chi connectivity index (χ1) is 11.4. The van der Waals surface area contributed by atoms with Crippen LogP contribution in [0.4, 0.5) is 10.1 Å². The van der Waals surface area contributed by atoms with E-state index in [1.54, 1.807) is 7.05 Å². The number of hydrogen-bond acceptors (Lipinski definition) is 3. The van der Waals surface area contributed by atoms with E-state index in [-0.39, 0.29) is 22.7 Å². The topological polar surface area (TPSA) is 66.5 Å². The fraction of sp³-hybridized carbons (Fsp3) is 0.235. The van der Waals surface area contributed by atoms with Gasteiger partial charge in [0.05, 0.1) is 4.90 Å². The van der Waals surface area contributed by atoms with Crippen LogP contribution in [0.5, 0.6) is 0 Å². The molecule has 3 rings (SSSR count). The van der Waals surface area contributed by atoms with Crippen LogP contribution in [0.1, 0.15) is 23.2 Å². The summed E-state index contributed by atoms with van der Waals surface area (Å²) in [5.74, 6) is -0.775. The second kappa shape index (κ2) is 6.33. The molecule has 1 saturated carbocycles. The standard InChI is InChI=1S/C17H17FN2O3S/c1-20(15-8-9-15)24(22,23)16-10-2-12(3-11-16)17(21)19-14-6-4-13(18)5-7-14/h2-7,10-11,15H,8-9H2,1H3,(H,19,21). The molecule has 0 bridgehead atoms. The summed E-state index contributed by atoms with van der Waals surface area (Å²) in [5.41, 5.74) is 0.791. The Hall–Kier alpha value is -2.25. The van der Waals surface area contributed by atoms with Gasteiger partial charge in [0.15, 0.2) is 0 Å². The maximum atomic E-state index is 12.9. The SMILES string of the molecule is CN(C1CC1)S(=O)(=O)c1ccc(C(=O)Nc2ccc(F)cc2)cc1. The lowest BCUT2D eigenvalue weighted by molar-refractivity contribution is 0.102. The zero-order chi connectivity index (χ0) is 17.3. The maximum absolute atomic E-state index is 12.9. The molecule has 0 radical (unpaired) electrons. The Kier molecular flexibility index (Phi) is 4.38. The summed E-state index contributed by atoms with van der Waals surface area (Å²) in [6.45, 7) is 0. The predicted octanol–water partition coefficient (Wildman–Crippen LogP) is 2.86. The van der Waals surface area contributed by atoms with Gasteiger partial charge in [0.2, 0.25) is 10.0 Å². The largest absolute Gasteiger partial charge is 0.322 e. The number of sulfonamides is 1. The highest BCUT2D eigenvalue weighted by molar-refractivity contribution is 7.89. The van der Waals surface area contributed by atoms with Gasteiger partial charge in [-0.05, 0) is 61.4 Å². The van der Waals surface area contributed by atoms with E-state index in [0.29, 0.717) is 11.3 Å². The summed E-state index contributed by atoms with van der Waals surface area (Å²) in [5, 5.41) is 2.63. The van der Waals surface area contributed by atoms with Gasteiger partial charge in [-0.15, -0.1) is 0 Å². The lowest BCUT2D eigenvalue weighted by atomic mass is 10.2. The average Bonchev–Trinajstić information content (AvgIpc) is 3.41. The first-order valence-electron chi connectivity index (χ1n) is 7.53. The number of hydrogen-bond donors (Lipinski definition) is 1. The molecule has 5 nitrogen and oxygen atoms in total. The Morgan fingerprint density at radius 1 is 1.08 bits per heavy atom. The average molecular weight is 348 g/mol. The molecule has 0 heterocycles. The predicted molar refractivity (Wildman–Crippen MR) is 88.8 cm³/mol. The van der Waals surface area contributed by atoms with Crippen molar-refractivity contribution in [3.63, 3.8) is 0 Å². The van der Waals surface area contributed by atoms with Crippen molar-refractivity contribution < 1.29 is 17.6 Å². The number of nitrogens with one attached hydrogen (secondary N) is 1. The van der Waals surface area contributed by atoms with Gasteiger partial charge < -0.3 is 5.32 Å². The van der Waals surface area contributed by atoms with Gasteiger partial charge in [-0.2, -0.15) is 4.31 Å². The van der Waals surface area contributed by atoms with Crippen molar-refractivity contribution in [2.45, 2.75) is 23.8 Å². The van der Waals surface area contributed by atoms with Crippen molar-refractivity contribution in [2.75, 3.05) is 12.4 Å². The van der Waals surface area contributed by atoms with Crippen LogP contribution in [0.3, 0.4) is 0 Å². The van der Waals surface area contributed by atoms with Gasteiger partial charge in [-0.3, -0.25) is 4.79 Å². The molecule has 0 aliphatic heterocycles. The third-order valence-corrected chi connectivity index (χ3v) is 5.88. The Bertz CT molecular complexity index is 844. The normalized spacial score (nSPS) is 14.6. The minimum Gasteiger partial charge on any atom is -0.322 e. The van der Waals surface area contributed by atoms with Crippen LogP contribution < -0.4 is 5.32 Å². The second-order valence-electron chi connectivity index (χ2n) is 5.74. The van der Waals surface area contributed by atoms with Crippen molar-refractivity contribution in [2.24, 2.45) is 0 Å². The van der Waals surface area contributed by atoms with E-state index in [1.165, 1.54) is 52.8 Å². The number of carbonyl (C=O) groups is 1. The zero-order valence-electron chi connectivity index (χ0n) is 13.1. The number of carbonyl (C=O) groups excluding carboxylic acids is 1. The fourth-order valence-electron chi connectivity index (χ4n) is 2.32. The molecular formula is C17H17FN2O3S. The third kappa shape index (κ3) is 3.47. The van der Waals surface area contributed by atoms with Crippen molar-refractivity contribution in [3.05, 3.63) is 59.9 Å². The molecule has 24 heavy (non-hydrogen) atoms. The summed E-state index contributed by atoms with van der Waals surface area (Å²) >= 11 is 0. The third-order valence-electron chi connectivity index (χ3n) is 3.96. The molecule has 0 spiro atoms. The van der Waals surface area contributed by atoms with Crippen LogP contribution in [0.25, 0.3) is 0 Å². The zero-order valence-corrected chi connectivity index (χ0v) is 13.9. The quantitative estimate of drug-likeness (QED) is 0.903. The van der Waals surface area contributed by atoms with Gasteiger partial charge >= 0.3 is 0 Å². The van der Waals surface area contributed by atoms with Crippen LogP contribution in [0.15, 0.2) is 53.4 Å². The Labute approximate surface area is 140 Å². The number of rotatable bonds is 5. The minimum atomic E-state index is -3.52. The van der Waals surface area contributed by atoms with Crippen LogP contribution in [-0.4, -0.2) is 31.7 Å². The summed E-state index contributed by atoms with van der Waals surface area (Å²) in [6.07, 6.45) is 1.77. The van der Waals surface area contributed by atoms with Gasteiger partial charge in [-0.1, -0.05) is 0 Å². The van der Waals surface area contributed by atoms with E-state index in [1.807, 2.05) is 0 Å².